The predicted octanol–water partition coefficient (Wildman–Crippen LogP) is 3.24. The zero-order chi connectivity index (χ0) is 19.3. The SMILES string of the molecule is CC(NC(=O)C(C)C(C)N)c1ccc(NC(=O)c2ccc(F)cc2)cc1. The van der Waals surface area contributed by atoms with E-state index in [1.807, 2.05) is 19.1 Å². The number of amides is 2. The van der Waals surface area contributed by atoms with Crippen LogP contribution in [-0.2, 0) is 4.79 Å². The summed E-state index contributed by atoms with van der Waals surface area (Å²) in [6.45, 7) is 5.48. The molecule has 138 valence electrons. The lowest BCUT2D eigenvalue weighted by Gasteiger charge is -2.20. The van der Waals surface area contributed by atoms with Gasteiger partial charge in [-0.05, 0) is 55.8 Å². The fraction of sp³-hybridized carbons (Fsp3) is 0.300. The van der Waals surface area contributed by atoms with Gasteiger partial charge in [0.1, 0.15) is 5.82 Å². The second-order valence-electron chi connectivity index (χ2n) is 6.46. The topological polar surface area (TPSA) is 84.2 Å². The standard InChI is InChI=1S/C20H24FN3O2/c1-12(13(2)22)19(25)23-14(3)15-6-10-18(11-7-15)24-20(26)16-4-8-17(21)9-5-16/h4-14H,22H2,1-3H3,(H,23,25)(H,24,26). The minimum absolute atomic E-state index is 0.0961. The molecule has 2 amide bonds. The van der Waals surface area contributed by atoms with Crippen LogP contribution in [0.25, 0.3) is 0 Å². The second kappa shape index (κ2) is 8.58. The van der Waals surface area contributed by atoms with Crippen molar-refractivity contribution in [3.8, 4) is 0 Å². The van der Waals surface area contributed by atoms with E-state index in [9.17, 15) is 14.0 Å². The van der Waals surface area contributed by atoms with Crippen molar-refractivity contribution in [2.75, 3.05) is 5.32 Å². The number of halogens is 1. The summed E-state index contributed by atoms with van der Waals surface area (Å²) in [7, 11) is 0. The van der Waals surface area contributed by atoms with Crippen molar-refractivity contribution in [3.05, 3.63) is 65.5 Å². The molecule has 4 N–H and O–H groups in total. The molecule has 2 aromatic rings. The van der Waals surface area contributed by atoms with Crippen LogP contribution in [0.15, 0.2) is 48.5 Å². The molecular weight excluding hydrogens is 333 g/mol. The van der Waals surface area contributed by atoms with Gasteiger partial charge in [-0.2, -0.15) is 0 Å². The summed E-state index contributed by atoms with van der Waals surface area (Å²) in [5.41, 5.74) is 7.66. The Morgan fingerprint density at radius 3 is 2.08 bits per heavy atom. The highest BCUT2D eigenvalue weighted by molar-refractivity contribution is 6.04. The van der Waals surface area contributed by atoms with Gasteiger partial charge in [0, 0.05) is 23.2 Å². The lowest BCUT2D eigenvalue weighted by atomic mass is 10.0. The fourth-order valence-corrected chi connectivity index (χ4v) is 2.33. The quantitative estimate of drug-likeness (QED) is 0.742. The van der Waals surface area contributed by atoms with Gasteiger partial charge in [-0.15, -0.1) is 0 Å². The first-order valence-electron chi connectivity index (χ1n) is 8.50. The van der Waals surface area contributed by atoms with Crippen LogP contribution in [0.3, 0.4) is 0 Å². The molecule has 0 radical (unpaired) electrons. The number of rotatable bonds is 6. The summed E-state index contributed by atoms with van der Waals surface area (Å²) in [6.07, 6.45) is 0. The van der Waals surface area contributed by atoms with Crippen molar-refractivity contribution in [2.45, 2.75) is 32.9 Å². The maximum atomic E-state index is 12.9. The largest absolute Gasteiger partial charge is 0.349 e. The van der Waals surface area contributed by atoms with Crippen LogP contribution < -0.4 is 16.4 Å². The summed E-state index contributed by atoms with van der Waals surface area (Å²) in [5, 5.41) is 5.68. The van der Waals surface area contributed by atoms with Gasteiger partial charge in [0.15, 0.2) is 0 Å². The third-order valence-electron chi connectivity index (χ3n) is 4.34. The molecule has 0 saturated heterocycles. The van der Waals surface area contributed by atoms with E-state index in [0.29, 0.717) is 11.3 Å². The maximum Gasteiger partial charge on any atom is 0.255 e. The Morgan fingerprint density at radius 1 is 0.962 bits per heavy atom. The summed E-state index contributed by atoms with van der Waals surface area (Å²) in [6, 6.07) is 12.1. The maximum absolute atomic E-state index is 12.9. The third-order valence-corrected chi connectivity index (χ3v) is 4.34. The smallest absolute Gasteiger partial charge is 0.255 e. The van der Waals surface area contributed by atoms with Crippen LogP contribution in [0.1, 0.15) is 42.7 Å². The summed E-state index contributed by atoms with van der Waals surface area (Å²) in [5.74, 6) is -1.07. The molecule has 6 heteroatoms. The molecule has 3 atom stereocenters. The van der Waals surface area contributed by atoms with Gasteiger partial charge in [-0.25, -0.2) is 4.39 Å². The van der Waals surface area contributed by atoms with Crippen molar-refractivity contribution in [1.82, 2.24) is 5.32 Å². The highest BCUT2D eigenvalue weighted by Crippen LogP contribution is 2.18. The molecule has 26 heavy (non-hydrogen) atoms. The Balaban J connectivity index is 1.98. The Kier molecular flexibility index (Phi) is 6.46. The number of hydrogen-bond donors (Lipinski definition) is 3. The first-order valence-corrected chi connectivity index (χ1v) is 8.50. The van der Waals surface area contributed by atoms with E-state index in [4.69, 9.17) is 5.73 Å². The number of carbonyl (C=O) groups excluding carboxylic acids is 2. The van der Waals surface area contributed by atoms with Gasteiger partial charge in [0.05, 0.1) is 6.04 Å². The van der Waals surface area contributed by atoms with E-state index in [1.54, 1.807) is 26.0 Å². The lowest BCUT2D eigenvalue weighted by Crippen LogP contribution is -2.39. The number of benzene rings is 2. The van der Waals surface area contributed by atoms with Crippen LogP contribution in [0, 0.1) is 11.7 Å². The monoisotopic (exact) mass is 357 g/mol. The van der Waals surface area contributed by atoms with E-state index < -0.39 is 0 Å². The zero-order valence-corrected chi connectivity index (χ0v) is 15.1. The molecule has 2 rings (SSSR count). The van der Waals surface area contributed by atoms with Gasteiger partial charge in [0.2, 0.25) is 5.91 Å². The summed E-state index contributed by atoms with van der Waals surface area (Å²) < 4.78 is 12.9. The van der Waals surface area contributed by atoms with Crippen molar-refractivity contribution < 1.29 is 14.0 Å². The van der Waals surface area contributed by atoms with Crippen LogP contribution in [-0.4, -0.2) is 17.9 Å². The highest BCUT2D eigenvalue weighted by Gasteiger charge is 2.19. The fourth-order valence-electron chi connectivity index (χ4n) is 2.33. The molecular formula is C20H24FN3O2. The summed E-state index contributed by atoms with van der Waals surface area (Å²) >= 11 is 0. The molecule has 0 fully saturated rings. The Hall–Kier alpha value is -2.73. The second-order valence-corrected chi connectivity index (χ2v) is 6.46. The minimum atomic E-state index is -0.389. The highest BCUT2D eigenvalue weighted by atomic mass is 19.1. The van der Waals surface area contributed by atoms with Crippen molar-refractivity contribution in [1.29, 1.82) is 0 Å². The molecule has 0 aliphatic carbocycles. The molecule has 5 nitrogen and oxygen atoms in total. The van der Waals surface area contributed by atoms with Gasteiger partial charge in [-0.3, -0.25) is 9.59 Å². The van der Waals surface area contributed by atoms with E-state index in [2.05, 4.69) is 10.6 Å². The Bertz CT molecular complexity index is 758. The molecule has 0 aliphatic rings. The average molecular weight is 357 g/mol. The van der Waals surface area contributed by atoms with E-state index in [0.717, 1.165) is 5.56 Å². The molecule has 0 saturated carbocycles. The Morgan fingerprint density at radius 2 is 1.54 bits per heavy atom. The van der Waals surface area contributed by atoms with Gasteiger partial charge < -0.3 is 16.4 Å². The first-order chi connectivity index (χ1) is 12.3. The van der Waals surface area contributed by atoms with Crippen LogP contribution in [0.2, 0.25) is 0 Å². The van der Waals surface area contributed by atoms with Gasteiger partial charge >= 0.3 is 0 Å². The van der Waals surface area contributed by atoms with Crippen LogP contribution in [0.5, 0.6) is 0 Å². The van der Waals surface area contributed by atoms with Crippen LogP contribution in [0.4, 0.5) is 10.1 Å². The summed E-state index contributed by atoms with van der Waals surface area (Å²) in [4.78, 5) is 24.2. The van der Waals surface area contributed by atoms with Gasteiger partial charge in [0.25, 0.3) is 5.91 Å². The number of anilines is 1. The number of nitrogens with one attached hydrogen (secondary N) is 2. The minimum Gasteiger partial charge on any atom is -0.349 e. The average Bonchev–Trinajstić information content (AvgIpc) is 2.61. The normalized spacial score (nSPS) is 14.2. The lowest BCUT2D eigenvalue weighted by molar-refractivity contribution is -0.125. The zero-order valence-electron chi connectivity index (χ0n) is 15.1. The molecule has 0 bridgehead atoms. The molecule has 0 heterocycles. The van der Waals surface area contributed by atoms with Crippen molar-refractivity contribution in [3.63, 3.8) is 0 Å². The van der Waals surface area contributed by atoms with Gasteiger partial charge in [-0.1, -0.05) is 19.1 Å². The van der Waals surface area contributed by atoms with E-state index in [-0.39, 0.29) is 35.6 Å². The third kappa shape index (κ3) is 5.13. The van der Waals surface area contributed by atoms with E-state index in [1.165, 1.54) is 24.3 Å². The number of hydrogen-bond acceptors (Lipinski definition) is 3. The van der Waals surface area contributed by atoms with Crippen LogP contribution >= 0.6 is 0 Å². The van der Waals surface area contributed by atoms with E-state index >= 15 is 0 Å². The molecule has 0 spiro atoms. The molecule has 3 unspecified atom stereocenters. The molecule has 0 aliphatic heterocycles. The number of carbonyl (C=O) groups is 2. The first kappa shape index (κ1) is 19.6. The predicted molar refractivity (Wildman–Crippen MR) is 100 cm³/mol. The Labute approximate surface area is 152 Å². The van der Waals surface area contributed by atoms with Crippen molar-refractivity contribution in [2.24, 2.45) is 11.7 Å². The molecule has 0 aromatic heterocycles. The van der Waals surface area contributed by atoms with Crippen molar-refractivity contribution >= 4 is 17.5 Å². The number of nitrogens with two attached hydrogens (primary N) is 1. The molecule has 2 aromatic carbocycles.